The van der Waals surface area contributed by atoms with E-state index in [0.29, 0.717) is 48.0 Å². The number of halogens is 3. The normalized spacial score (nSPS) is 12.9. The molecule has 1 N–H and O–H groups in total. The Bertz CT molecular complexity index is 1950. The first kappa shape index (κ1) is 43.2. The van der Waals surface area contributed by atoms with Crippen molar-refractivity contribution in [1.29, 1.82) is 0 Å². The summed E-state index contributed by atoms with van der Waals surface area (Å²) in [5.74, 6) is 2.15. The fourth-order valence-corrected chi connectivity index (χ4v) is 6.57. The highest BCUT2D eigenvalue weighted by Crippen LogP contribution is 2.34. The first-order chi connectivity index (χ1) is 25.7. The number of nitrogens with zero attached hydrogens (tertiary/aromatic N) is 3. The molecule has 1 aliphatic rings. The third kappa shape index (κ3) is 12.8. The number of benzene rings is 4. The summed E-state index contributed by atoms with van der Waals surface area (Å²) in [4.78, 5) is 21.8. The third-order valence-electron chi connectivity index (χ3n) is 9.55. The van der Waals surface area contributed by atoms with Gasteiger partial charge in [0.2, 0.25) is 11.8 Å². The lowest BCUT2D eigenvalue weighted by Gasteiger charge is -2.34. The molecule has 2 heterocycles. The highest BCUT2D eigenvalue weighted by atomic mass is 35.5. The summed E-state index contributed by atoms with van der Waals surface area (Å²) in [5.41, 5.74) is 9.12. The van der Waals surface area contributed by atoms with Gasteiger partial charge in [0.1, 0.15) is 12.4 Å². The molecule has 0 bridgehead atoms. The number of carbonyl (C=O) groups is 1. The zero-order valence-electron chi connectivity index (χ0n) is 32.0. The van der Waals surface area contributed by atoms with Gasteiger partial charge in [-0.2, -0.15) is 0 Å². The average molecular weight is 802 g/mol. The van der Waals surface area contributed by atoms with Gasteiger partial charge in [0, 0.05) is 57.1 Å². The standard InChI is InChI=1S/C45H49ClN4O3.2ClH/c1-32(2)39-14-16-40(17-15-39)47-22-21-35-9-11-36(12-10-35)30-49-23-25-50(26-24-49)44(51)20-13-38-27-34(4)45(42(46)28-38)53-43-19-18-41(29-48-43)52-31-37-7-5-33(3)6-8-37;;/h5-20,27-29,32,47H,21-26,30-31H2,1-4H3;2*1H. The van der Waals surface area contributed by atoms with Gasteiger partial charge in [-0.15, -0.1) is 24.8 Å². The van der Waals surface area contributed by atoms with E-state index in [9.17, 15) is 4.79 Å². The number of rotatable bonds is 14. The number of hydrogen-bond donors (Lipinski definition) is 1. The van der Waals surface area contributed by atoms with Crippen molar-refractivity contribution in [3.8, 4) is 17.4 Å². The van der Waals surface area contributed by atoms with Gasteiger partial charge in [-0.3, -0.25) is 9.69 Å². The molecule has 4 aromatic carbocycles. The Morgan fingerprint density at radius 1 is 0.855 bits per heavy atom. The van der Waals surface area contributed by atoms with Gasteiger partial charge in [-0.25, -0.2) is 4.98 Å². The summed E-state index contributed by atoms with van der Waals surface area (Å²) in [7, 11) is 0. The molecule has 1 aliphatic heterocycles. The van der Waals surface area contributed by atoms with E-state index in [-0.39, 0.29) is 30.7 Å². The van der Waals surface area contributed by atoms with Crippen molar-refractivity contribution in [2.45, 2.75) is 53.2 Å². The number of aryl methyl sites for hydroxylation is 2. The third-order valence-corrected chi connectivity index (χ3v) is 9.83. The molecule has 5 aromatic rings. The fraction of sp³-hybridized carbons (Fsp3) is 0.289. The van der Waals surface area contributed by atoms with Gasteiger partial charge in [-0.1, -0.05) is 91.7 Å². The molecule has 7 nitrogen and oxygen atoms in total. The van der Waals surface area contributed by atoms with E-state index < -0.39 is 0 Å². The van der Waals surface area contributed by atoms with Gasteiger partial charge in [0.25, 0.3) is 0 Å². The minimum atomic E-state index is 0. The van der Waals surface area contributed by atoms with Crippen LogP contribution < -0.4 is 14.8 Å². The molecule has 0 aliphatic carbocycles. The van der Waals surface area contributed by atoms with E-state index in [2.05, 4.69) is 109 Å². The Morgan fingerprint density at radius 2 is 1.53 bits per heavy atom. The first-order valence-electron chi connectivity index (χ1n) is 18.4. The topological polar surface area (TPSA) is 66.9 Å². The molecule has 0 saturated carbocycles. The summed E-state index contributed by atoms with van der Waals surface area (Å²) in [6.45, 7) is 13.7. The Balaban J connectivity index is 0.00000336. The Morgan fingerprint density at radius 3 is 2.16 bits per heavy atom. The van der Waals surface area contributed by atoms with Crippen molar-refractivity contribution in [3.05, 3.63) is 153 Å². The van der Waals surface area contributed by atoms with Crippen molar-refractivity contribution in [3.63, 3.8) is 0 Å². The molecule has 1 fully saturated rings. The van der Waals surface area contributed by atoms with Crippen molar-refractivity contribution < 1.29 is 14.3 Å². The molecule has 1 saturated heterocycles. The number of nitrogens with one attached hydrogen (secondary N) is 1. The van der Waals surface area contributed by atoms with Crippen LogP contribution in [0.15, 0.2) is 109 Å². The number of piperazine rings is 1. The van der Waals surface area contributed by atoms with E-state index >= 15 is 0 Å². The van der Waals surface area contributed by atoms with Crippen LogP contribution in [0.3, 0.4) is 0 Å². The van der Waals surface area contributed by atoms with Crippen molar-refractivity contribution in [1.82, 2.24) is 14.8 Å². The first-order valence-corrected chi connectivity index (χ1v) is 18.8. The molecule has 55 heavy (non-hydrogen) atoms. The lowest BCUT2D eigenvalue weighted by molar-refractivity contribution is -0.127. The molecule has 1 aromatic heterocycles. The molecule has 10 heteroatoms. The van der Waals surface area contributed by atoms with E-state index in [0.717, 1.165) is 55.0 Å². The van der Waals surface area contributed by atoms with Crippen LogP contribution in [0.4, 0.5) is 5.69 Å². The number of anilines is 1. The van der Waals surface area contributed by atoms with E-state index in [1.165, 1.54) is 22.3 Å². The van der Waals surface area contributed by atoms with E-state index in [1.807, 2.05) is 30.0 Å². The molecule has 0 atom stereocenters. The number of amides is 1. The number of hydrogen-bond acceptors (Lipinski definition) is 6. The summed E-state index contributed by atoms with van der Waals surface area (Å²) >= 11 is 6.64. The van der Waals surface area contributed by atoms with Crippen LogP contribution in [-0.2, 0) is 24.4 Å². The maximum absolute atomic E-state index is 13.1. The zero-order valence-corrected chi connectivity index (χ0v) is 34.4. The second kappa shape index (κ2) is 21.0. The molecule has 6 rings (SSSR count). The van der Waals surface area contributed by atoms with Crippen LogP contribution in [0, 0.1) is 13.8 Å². The maximum Gasteiger partial charge on any atom is 0.246 e. The Kier molecular flexibility index (Phi) is 16.5. The van der Waals surface area contributed by atoms with E-state index in [4.69, 9.17) is 21.1 Å². The van der Waals surface area contributed by atoms with Gasteiger partial charge < -0.3 is 19.7 Å². The van der Waals surface area contributed by atoms with Crippen LogP contribution >= 0.6 is 36.4 Å². The highest BCUT2D eigenvalue weighted by molar-refractivity contribution is 6.32. The number of ether oxygens (including phenoxy) is 2. The molecule has 290 valence electrons. The van der Waals surface area contributed by atoms with Crippen LogP contribution in [-0.4, -0.2) is 53.4 Å². The lowest BCUT2D eigenvalue weighted by atomic mass is 10.0. The maximum atomic E-state index is 13.1. The minimum absolute atomic E-state index is 0. The Labute approximate surface area is 343 Å². The van der Waals surface area contributed by atoms with Crippen LogP contribution in [0.2, 0.25) is 5.02 Å². The highest BCUT2D eigenvalue weighted by Gasteiger charge is 2.20. The number of pyridine rings is 1. The lowest BCUT2D eigenvalue weighted by Crippen LogP contribution is -2.47. The second-order valence-electron chi connectivity index (χ2n) is 14.1. The molecular formula is C45H51Cl3N4O3. The van der Waals surface area contributed by atoms with Crippen molar-refractivity contribution >= 4 is 54.1 Å². The average Bonchev–Trinajstić information content (AvgIpc) is 3.17. The van der Waals surface area contributed by atoms with Crippen LogP contribution in [0.25, 0.3) is 6.08 Å². The quantitative estimate of drug-likeness (QED) is 0.113. The van der Waals surface area contributed by atoms with Gasteiger partial charge in [0.05, 0.1) is 11.2 Å². The zero-order chi connectivity index (χ0) is 37.2. The SMILES string of the molecule is Cc1ccc(COc2ccc(Oc3c(C)cc(C=CC(=O)N4CCN(Cc5ccc(CCNc6ccc(C(C)C)cc6)cc5)CC4)cc3Cl)nc2)cc1.Cl.Cl. The van der Waals surface area contributed by atoms with Crippen molar-refractivity contribution in [2.24, 2.45) is 0 Å². The van der Waals surface area contributed by atoms with Gasteiger partial charge in [0.15, 0.2) is 5.75 Å². The minimum Gasteiger partial charge on any atom is -0.487 e. The number of carbonyl (C=O) groups excluding carboxylic acids is 1. The van der Waals surface area contributed by atoms with Gasteiger partial charge >= 0.3 is 0 Å². The summed E-state index contributed by atoms with van der Waals surface area (Å²) in [6, 6.07) is 33.2. The monoisotopic (exact) mass is 800 g/mol. The molecule has 0 unspecified atom stereocenters. The summed E-state index contributed by atoms with van der Waals surface area (Å²) in [5, 5.41) is 3.98. The summed E-state index contributed by atoms with van der Waals surface area (Å²) < 4.78 is 11.9. The Hall–Kier alpha value is -4.53. The van der Waals surface area contributed by atoms with Crippen LogP contribution in [0.5, 0.6) is 17.4 Å². The van der Waals surface area contributed by atoms with Gasteiger partial charge in [-0.05, 0) is 96.0 Å². The molecular weight excluding hydrogens is 751 g/mol. The molecule has 0 spiro atoms. The molecule has 1 amide bonds. The smallest absolute Gasteiger partial charge is 0.246 e. The predicted molar refractivity (Wildman–Crippen MR) is 231 cm³/mol. The summed E-state index contributed by atoms with van der Waals surface area (Å²) in [6.07, 6.45) is 6.06. The largest absolute Gasteiger partial charge is 0.487 e. The number of aromatic nitrogens is 1. The van der Waals surface area contributed by atoms with Crippen molar-refractivity contribution in [2.75, 3.05) is 38.0 Å². The predicted octanol–water partition coefficient (Wildman–Crippen LogP) is 10.7. The molecule has 0 radical (unpaired) electrons. The fourth-order valence-electron chi connectivity index (χ4n) is 6.26. The van der Waals surface area contributed by atoms with Crippen LogP contribution in [0.1, 0.15) is 58.7 Å². The van der Waals surface area contributed by atoms with E-state index in [1.54, 1.807) is 24.4 Å². The second-order valence-corrected chi connectivity index (χ2v) is 14.5.